The highest BCUT2D eigenvalue weighted by Gasteiger charge is 1.96. The highest BCUT2D eigenvalue weighted by atomic mass is 14.6. The topological polar surface area (TPSA) is 12.9 Å². The number of benzene rings is 3. The molecule has 0 N–H and O–H groups in total. The number of hydrogen-bond donors (Lipinski definition) is 0. The molecule has 0 aliphatic heterocycles. The Kier molecular flexibility index (Phi) is 15.0. The second-order valence-corrected chi connectivity index (χ2v) is 10.5. The van der Waals surface area contributed by atoms with Crippen LogP contribution in [0.1, 0.15) is 70.2 Å². The molecule has 0 aliphatic carbocycles. The number of hydrogen-bond acceptors (Lipinski definition) is 1. The van der Waals surface area contributed by atoms with Crippen LogP contribution < -0.4 is 0 Å². The molecule has 3 aromatic carbocycles. The van der Waals surface area contributed by atoms with E-state index in [1.807, 2.05) is 30.5 Å². The third-order valence-electron chi connectivity index (χ3n) is 3.17. The standard InChI is InChI=1S/C10H8.C9H7N.2C5H12.2CH4/c1-2-6-10-8-4-3-7-9(10)5-1;1-2-6-9-8(4-1)5-3-7-10-9;2*1-5(2,3)4;;/h1-8H;1-7H;2*1-4H3;2*1H4. The van der Waals surface area contributed by atoms with Crippen LogP contribution >= 0.6 is 0 Å². The van der Waals surface area contributed by atoms with Crippen molar-refractivity contribution in [2.75, 3.05) is 0 Å². The molecule has 1 heteroatoms. The fourth-order valence-electron chi connectivity index (χ4n) is 2.15. The highest BCUT2D eigenvalue weighted by Crippen LogP contribution is 2.11. The molecule has 32 heavy (non-hydrogen) atoms. The van der Waals surface area contributed by atoms with E-state index in [0.717, 1.165) is 5.52 Å². The summed E-state index contributed by atoms with van der Waals surface area (Å²) in [5, 5.41) is 3.82. The minimum atomic E-state index is 0. The maximum absolute atomic E-state index is 4.18. The Morgan fingerprint density at radius 1 is 0.438 bits per heavy atom. The van der Waals surface area contributed by atoms with Crippen molar-refractivity contribution in [3.05, 3.63) is 91.1 Å². The van der Waals surface area contributed by atoms with Crippen molar-refractivity contribution in [2.24, 2.45) is 10.8 Å². The Balaban J connectivity index is 0. The van der Waals surface area contributed by atoms with Gasteiger partial charge in [-0.2, -0.15) is 0 Å². The molecule has 0 saturated heterocycles. The summed E-state index contributed by atoms with van der Waals surface area (Å²) in [4.78, 5) is 4.18. The summed E-state index contributed by atoms with van der Waals surface area (Å²) in [5.74, 6) is 0. The number of aromatic nitrogens is 1. The summed E-state index contributed by atoms with van der Waals surface area (Å²) in [7, 11) is 0. The molecule has 1 aromatic heterocycles. The minimum absolute atomic E-state index is 0. The van der Waals surface area contributed by atoms with Crippen molar-refractivity contribution in [1.82, 2.24) is 4.98 Å². The van der Waals surface area contributed by atoms with Crippen LogP contribution in [0.25, 0.3) is 21.7 Å². The van der Waals surface area contributed by atoms with Gasteiger partial charge in [0.1, 0.15) is 0 Å². The molecule has 0 spiro atoms. The fourth-order valence-corrected chi connectivity index (χ4v) is 2.15. The first-order valence-corrected chi connectivity index (χ1v) is 10.7. The van der Waals surface area contributed by atoms with E-state index < -0.39 is 0 Å². The molecule has 1 heterocycles. The predicted octanol–water partition coefficient (Wildman–Crippen LogP) is 10.5. The van der Waals surface area contributed by atoms with Crippen LogP contribution in [0.3, 0.4) is 0 Å². The maximum Gasteiger partial charge on any atom is 0.0701 e. The van der Waals surface area contributed by atoms with E-state index in [1.165, 1.54) is 16.2 Å². The number of pyridine rings is 1. The zero-order chi connectivity index (χ0) is 22.6. The lowest BCUT2D eigenvalue weighted by Gasteiger charge is -2.05. The van der Waals surface area contributed by atoms with Crippen LogP contribution in [0, 0.1) is 10.8 Å². The van der Waals surface area contributed by atoms with Gasteiger partial charge in [0.2, 0.25) is 0 Å². The lowest BCUT2D eigenvalue weighted by Crippen LogP contribution is -1.93. The van der Waals surface area contributed by atoms with E-state index in [9.17, 15) is 0 Å². The summed E-state index contributed by atoms with van der Waals surface area (Å²) in [6.07, 6.45) is 1.81. The molecule has 0 bridgehead atoms. The van der Waals surface area contributed by atoms with Crippen molar-refractivity contribution in [3.63, 3.8) is 0 Å². The molecule has 1 nitrogen and oxygen atoms in total. The van der Waals surface area contributed by atoms with Crippen molar-refractivity contribution in [2.45, 2.75) is 70.2 Å². The number of nitrogens with zero attached hydrogens (tertiary/aromatic N) is 1. The Morgan fingerprint density at radius 2 is 0.719 bits per heavy atom. The summed E-state index contributed by atoms with van der Waals surface area (Å²) >= 11 is 0. The molecule has 0 radical (unpaired) electrons. The molecule has 0 amide bonds. The number of rotatable bonds is 0. The van der Waals surface area contributed by atoms with Crippen LogP contribution in [0.2, 0.25) is 0 Å². The summed E-state index contributed by atoms with van der Waals surface area (Å²) in [6, 6.07) is 28.8. The molecule has 4 rings (SSSR count). The van der Waals surface area contributed by atoms with Crippen LogP contribution in [-0.4, -0.2) is 4.98 Å². The van der Waals surface area contributed by atoms with Crippen LogP contribution in [0.4, 0.5) is 0 Å². The summed E-state index contributed by atoms with van der Waals surface area (Å²) in [6.45, 7) is 17.5. The molecule has 176 valence electrons. The molecular formula is C31H47N. The lowest BCUT2D eigenvalue weighted by molar-refractivity contribution is 0.469. The van der Waals surface area contributed by atoms with Crippen molar-refractivity contribution in [3.8, 4) is 0 Å². The van der Waals surface area contributed by atoms with Gasteiger partial charge in [-0.1, -0.05) is 143 Å². The van der Waals surface area contributed by atoms with Crippen LogP contribution in [-0.2, 0) is 0 Å². The normalized spacial score (nSPS) is 10.0. The minimum Gasteiger partial charge on any atom is -0.256 e. The molecule has 0 atom stereocenters. The highest BCUT2D eigenvalue weighted by molar-refractivity contribution is 5.82. The van der Waals surface area contributed by atoms with Gasteiger partial charge in [0.25, 0.3) is 0 Å². The van der Waals surface area contributed by atoms with Gasteiger partial charge in [0, 0.05) is 11.6 Å². The SMILES string of the molecule is C.C.CC(C)(C)C.CC(C)(C)C.c1ccc2ccccc2c1.c1ccc2ncccc2c1. The Morgan fingerprint density at radius 3 is 1.06 bits per heavy atom. The van der Waals surface area contributed by atoms with Crippen molar-refractivity contribution in [1.29, 1.82) is 0 Å². The quantitative estimate of drug-likeness (QED) is 0.269. The van der Waals surface area contributed by atoms with Crippen molar-refractivity contribution < 1.29 is 0 Å². The third kappa shape index (κ3) is 17.1. The van der Waals surface area contributed by atoms with E-state index >= 15 is 0 Å². The predicted molar refractivity (Wildman–Crippen MR) is 149 cm³/mol. The second kappa shape index (κ2) is 15.2. The van der Waals surface area contributed by atoms with Gasteiger partial charge in [0.05, 0.1) is 5.52 Å². The molecular weight excluding hydrogens is 386 g/mol. The molecule has 0 saturated carbocycles. The smallest absolute Gasteiger partial charge is 0.0701 e. The van der Waals surface area contributed by atoms with E-state index in [4.69, 9.17) is 0 Å². The Bertz CT molecular complexity index is 762. The fraction of sp³-hybridized carbons (Fsp3) is 0.387. The summed E-state index contributed by atoms with van der Waals surface area (Å²) in [5.41, 5.74) is 2.06. The molecule has 4 aromatic rings. The maximum atomic E-state index is 4.18. The van der Waals surface area contributed by atoms with E-state index in [2.05, 4.69) is 121 Å². The largest absolute Gasteiger partial charge is 0.256 e. The lowest BCUT2D eigenvalue weighted by atomic mass is 10.0. The van der Waals surface area contributed by atoms with Gasteiger partial charge in [0.15, 0.2) is 0 Å². The van der Waals surface area contributed by atoms with Crippen molar-refractivity contribution >= 4 is 21.7 Å². The van der Waals surface area contributed by atoms with E-state index in [0.29, 0.717) is 10.8 Å². The second-order valence-electron chi connectivity index (χ2n) is 10.5. The van der Waals surface area contributed by atoms with Gasteiger partial charge in [-0.25, -0.2) is 0 Å². The van der Waals surface area contributed by atoms with Gasteiger partial charge in [-0.3, -0.25) is 4.98 Å². The Labute approximate surface area is 198 Å². The van der Waals surface area contributed by atoms with Gasteiger partial charge >= 0.3 is 0 Å². The molecule has 0 unspecified atom stereocenters. The van der Waals surface area contributed by atoms with E-state index in [1.54, 1.807) is 0 Å². The number of fused-ring (bicyclic) bond motifs is 2. The Hall–Kier alpha value is -2.67. The van der Waals surface area contributed by atoms with Gasteiger partial charge < -0.3 is 0 Å². The first-order valence-electron chi connectivity index (χ1n) is 10.7. The monoisotopic (exact) mass is 433 g/mol. The average Bonchev–Trinajstić information content (AvgIpc) is 2.66. The zero-order valence-corrected chi connectivity index (χ0v) is 20.1. The average molecular weight is 434 g/mol. The van der Waals surface area contributed by atoms with E-state index in [-0.39, 0.29) is 14.9 Å². The number of para-hydroxylation sites is 1. The van der Waals surface area contributed by atoms with Gasteiger partial charge in [-0.05, 0) is 33.7 Å². The molecule has 0 aliphatic rings. The molecule has 0 fully saturated rings. The van der Waals surface area contributed by atoms with Crippen LogP contribution in [0.15, 0.2) is 91.1 Å². The van der Waals surface area contributed by atoms with Gasteiger partial charge in [-0.15, -0.1) is 0 Å². The summed E-state index contributed by atoms with van der Waals surface area (Å²) < 4.78 is 0. The zero-order valence-electron chi connectivity index (χ0n) is 20.1. The first-order chi connectivity index (χ1) is 13.9. The third-order valence-corrected chi connectivity index (χ3v) is 3.17. The van der Waals surface area contributed by atoms with Crippen LogP contribution in [0.5, 0.6) is 0 Å². The first kappa shape index (κ1) is 31.5.